The standard InChI is InChI=1S/C58H44N2/c1-57(2)49-24-10-6-20-47(49)55-50(57)25-15-28-53(55)60(54-29-14-22-46-43-17-5-9-23-48(43)58(3,4)56(46)54)40-34-35-42-38(36-40)16-13-21-41(42)37-30-32-39(33-31-37)59-51-26-11-7-18-44(51)45-19-8-12-27-52(45)59/h5-36H,1-4H3. The van der Waals surface area contributed by atoms with Crippen LogP contribution in [0.5, 0.6) is 0 Å². The molecule has 2 nitrogen and oxygen atoms in total. The number of para-hydroxylation sites is 2. The molecule has 2 aliphatic carbocycles. The Labute approximate surface area is 351 Å². The van der Waals surface area contributed by atoms with E-state index in [1.165, 1.54) is 99.6 Å². The summed E-state index contributed by atoms with van der Waals surface area (Å²) >= 11 is 0. The van der Waals surface area contributed by atoms with Crippen molar-refractivity contribution < 1.29 is 0 Å². The average Bonchev–Trinajstić information content (AvgIpc) is 3.84. The van der Waals surface area contributed by atoms with Crippen LogP contribution in [0.25, 0.3) is 71.6 Å². The van der Waals surface area contributed by atoms with Crippen molar-refractivity contribution >= 4 is 49.6 Å². The second kappa shape index (κ2) is 12.7. The van der Waals surface area contributed by atoms with E-state index < -0.39 is 0 Å². The number of hydrogen-bond donors (Lipinski definition) is 0. The Balaban J connectivity index is 1.03. The van der Waals surface area contributed by atoms with Crippen LogP contribution < -0.4 is 4.90 Å². The second-order valence-electron chi connectivity index (χ2n) is 17.7. The normalized spacial score (nSPS) is 14.3. The van der Waals surface area contributed by atoms with Crippen molar-refractivity contribution in [3.05, 3.63) is 216 Å². The SMILES string of the molecule is CC1(C)c2ccccc2-c2c(N(c3ccc4c(-c5ccc(-n6c7ccccc7c7ccccc76)cc5)cccc4c3)c3cccc4c3C(C)(C)c3ccccc3-4)cccc21. The highest BCUT2D eigenvalue weighted by Crippen LogP contribution is 2.58. The van der Waals surface area contributed by atoms with E-state index in [9.17, 15) is 0 Å². The van der Waals surface area contributed by atoms with Crippen molar-refractivity contribution in [2.75, 3.05) is 4.90 Å². The Morgan fingerprint density at radius 3 is 1.72 bits per heavy atom. The molecular formula is C58H44N2. The summed E-state index contributed by atoms with van der Waals surface area (Å²) in [5.41, 5.74) is 20.1. The third kappa shape index (κ3) is 4.82. The van der Waals surface area contributed by atoms with Crippen LogP contribution in [0, 0.1) is 0 Å². The predicted molar refractivity (Wildman–Crippen MR) is 254 cm³/mol. The Morgan fingerprint density at radius 1 is 0.400 bits per heavy atom. The van der Waals surface area contributed by atoms with Crippen molar-refractivity contribution in [3.63, 3.8) is 0 Å². The molecule has 0 radical (unpaired) electrons. The van der Waals surface area contributed by atoms with Gasteiger partial charge in [-0.25, -0.2) is 0 Å². The number of benzene rings is 9. The molecule has 60 heavy (non-hydrogen) atoms. The minimum Gasteiger partial charge on any atom is -0.310 e. The Hall–Kier alpha value is -7.16. The maximum atomic E-state index is 2.57. The van der Waals surface area contributed by atoms with Gasteiger partial charge in [-0.05, 0) is 109 Å². The molecule has 1 aromatic heterocycles. The van der Waals surface area contributed by atoms with Gasteiger partial charge in [0.25, 0.3) is 0 Å². The van der Waals surface area contributed by atoms with Crippen molar-refractivity contribution in [2.45, 2.75) is 38.5 Å². The zero-order valence-corrected chi connectivity index (χ0v) is 34.4. The maximum Gasteiger partial charge on any atom is 0.0543 e. The maximum absolute atomic E-state index is 2.57. The number of nitrogens with zero attached hydrogens (tertiary/aromatic N) is 2. The number of rotatable bonds is 5. The minimum absolute atomic E-state index is 0.114. The zero-order valence-electron chi connectivity index (χ0n) is 34.4. The molecule has 0 fully saturated rings. The summed E-state index contributed by atoms with van der Waals surface area (Å²) in [4.78, 5) is 2.57. The summed E-state index contributed by atoms with van der Waals surface area (Å²) in [6, 6.07) is 72.2. The number of anilines is 3. The first-order valence-electron chi connectivity index (χ1n) is 21.2. The van der Waals surface area contributed by atoms with Gasteiger partial charge in [-0.3, -0.25) is 0 Å². The van der Waals surface area contributed by atoms with Crippen LogP contribution in [0.4, 0.5) is 17.1 Å². The lowest BCUT2D eigenvalue weighted by atomic mass is 9.81. The molecule has 12 rings (SSSR count). The summed E-state index contributed by atoms with van der Waals surface area (Å²) in [6.45, 7) is 9.54. The van der Waals surface area contributed by atoms with Crippen LogP contribution in [-0.2, 0) is 10.8 Å². The first-order valence-corrected chi connectivity index (χ1v) is 21.2. The summed E-state index contributed by atoms with van der Waals surface area (Å²) < 4.78 is 2.39. The second-order valence-corrected chi connectivity index (χ2v) is 17.7. The van der Waals surface area contributed by atoms with E-state index in [1.807, 2.05) is 0 Å². The molecule has 2 aliphatic rings. The Bertz CT molecular complexity index is 3320. The topological polar surface area (TPSA) is 8.17 Å². The molecule has 9 aromatic carbocycles. The number of fused-ring (bicyclic) bond motifs is 10. The molecule has 0 unspecified atom stereocenters. The first-order chi connectivity index (χ1) is 29.3. The largest absolute Gasteiger partial charge is 0.310 e. The van der Waals surface area contributed by atoms with Gasteiger partial charge in [-0.1, -0.05) is 173 Å². The predicted octanol–water partition coefficient (Wildman–Crippen LogP) is 15.7. The molecule has 0 amide bonds. The average molecular weight is 769 g/mol. The van der Waals surface area contributed by atoms with Crippen molar-refractivity contribution in [1.29, 1.82) is 0 Å². The summed E-state index contributed by atoms with van der Waals surface area (Å²) in [5, 5.41) is 5.00. The third-order valence-corrected chi connectivity index (χ3v) is 13.8. The fraction of sp³-hybridized carbons (Fsp3) is 0.103. The lowest BCUT2D eigenvalue weighted by molar-refractivity contribution is 0.659. The lowest BCUT2D eigenvalue weighted by Gasteiger charge is -2.34. The first kappa shape index (κ1) is 34.8. The minimum atomic E-state index is -0.189. The van der Waals surface area contributed by atoms with Gasteiger partial charge in [0.1, 0.15) is 0 Å². The van der Waals surface area contributed by atoms with Gasteiger partial charge < -0.3 is 9.47 Å². The van der Waals surface area contributed by atoms with Crippen LogP contribution in [-0.4, -0.2) is 4.57 Å². The fourth-order valence-corrected chi connectivity index (χ4v) is 11.0. The van der Waals surface area contributed by atoms with Crippen molar-refractivity contribution in [1.82, 2.24) is 4.57 Å². The van der Waals surface area contributed by atoms with Crippen LogP contribution in [0.2, 0.25) is 0 Å². The number of aromatic nitrogens is 1. The quantitative estimate of drug-likeness (QED) is 0.169. The molecule has 0 bridgehead atoms. The van der Waals surface area contributed by atoms with Gasteiger partial charge in [-0.15, -0.1) is 0 Å². The third-order valence-electron chi connectivity index (χ3n) is 13.8. The van der Waals surface area contributed by atoms with E-state index in [0.717, 1.165) is 11.4 Å². The summed E-state index contributed by atoms with van der Waals surface area (Å²) in [6.07, 6.45) is 0. The highest BCUT2D eigenvalue weighted by molar-refractivity contribution is 6.09. The number of hydrogen-bond acceptors (Lipinski definition) is 1. The van der Waals surface area contributed by atoms with Gasteiger partial charge in [-0.2, -0.15) is 0 Å². The van der Waals surface area contributed by atoms with Gasteiger partial charge in [0, 0.05) is 38.5 Å². The van der Waals surface area contributed by atoms with Gasteiger partial charge in [0.2, 0.25) is 0 Å². The molecule has 0 aliphatic heterocycles. The molecule has 0 atom stereocenters. The molecule has 0 spiro atoms. The van der Waals surface area contributed by atoms with Crippen molar-refractivity contribution in [2.24, 2.45) is 0 Å². The Morgan fingerprint density at radius 2 is 0.967 bits per heavy atom. The molecule has 0 N–H and O–H groups in total. The van der Waals surface area contributed by atoms with Gasteiger partial charge in [0.15, 0.2) is 0 Å². The fourth-order valence-electron chi connectivity index (χ4n) is 11.0. The summed E-state index contributed by atoms with van der Waals surface area (Å²) in [7, 11) is 0. The smallest absolute Gasteiger partial charge is 0.0543 e. The zero-order chi connectivity index (χ0) is 40.3. The van der Waals surface area contributed by atoms with Gasteiger partial charge in [0.05, 0.1) is 22.4 Å². The van der Waals surface area contributed by atoms with E-state index in [4.69, 9.17) is 0 Å². The van der Waals surface area contributed by atoms with Crippen LogP contribution in [0.1, 0.15) is 49.9 Å². The molecular weight excluding hydrogens is 725 g/mol. The Kier molecular flexibility index (Phi) is 7.36. The molecule has 1 heterocycles. The van der Waals surface area contributed by atoms with Crippen LogP contribution in [0.15, 0.2) is 194 Å². The molecule has 286 valence electrons. The highest BCUT2D eigenvalue weighted by Gasteiger charge is 2.41. The molecule has 2 heteroatoms. The lowest BCUT2D eigenvalue weighted by Crippen LogP contribution is -2.21. The van der Waals surface area contributed by atoms with E-state index in [-0.39, 0.29) is 10.8 Å². The summed E-state index contributed by atoms with van der Waals surface area (Å²) in [5.74, 6) is 0. The molecule has 0 saturated heterocycles. The van der Waals surface area contributed by atoms with Gasteiger partial charge >= 0.3 is 0 Å². The monoisotopic (exact) mass is 768 g/mol. The van der Waals surface area contributed by atoms with E-state index in [0.29, 0.717) is 0 Å². The van der Waals surface area contributed by atoms with E-state index in [2.05, 4.69) is 231 Å². The molecule has 10 aromatic rings. The van der Waals surface area contributed by atoms with E-state index in [1.54, 1.807) is 0 Å². The van der Waals surface area contributed by atoms with Crippen molar-refractivity contribution in [3.8, 4) is 39.1 Å². The van der Waals surface area contributed by atoms with Crippen LogP contribution >= 0.6 is 0 Å². The van der Waals surface area contributed by atoms with E-state index >= 15 is 0 Å². The highest BCUT2D eigenvalue weighted by atomic mass is 15.1. The molecule has 0 saturated carbocycles. The van der Waals surface area contributed by atoms with Crippen LogP contribution in [0.3, 0.4) is 0 Å².